The maximum absolute atomic E-state index is 13.3. The van der Waals surface area contributed by atoms with Crippen LogP contribution in [0.15, 0.2) is 42.5 Å². The van der Waals surface area contributed by atoms with Gasteiger partial charge in [-0.25, -0.2) is 8.42 Å². The van der Waals surface area contributed by atoms with Gasteiger partial charge >= 0.3 is 0 Å². The summed E-state index contributed by atoms with van der Waals surface area (Å²) in [6.07, 6.45) is 1.30. The second-order valence-electron chi connectivity index (χ2n) is 9.00. The molecule has 0 saturated heterocycles. The van der Waals surface area contributed by atoms with Gasteiger partial charge in [-0.3, -0.25) is 13.9 Å². The fourth-order valence-corrected chi connectivity index (χ4v) is 5.14. The Morgan fingerprint density at radius 1 is 1.00 bits per heavy atom. The molecule has 36 heavy (non-hydrogen) atoms. The molecular formula is C25H32Cl3N3O4S. The lowest BCUT2D eigenvalue weighted by atomic mass is 10.1. The molecule has 0 aliphatic rings. The van der Waals surface area contributed by atoms with Crippen molar-refractivity contribution in [3.63, 3.8) is 0 Å². The van der Waals surface area contributed by atoms with E-state index in [0.29, 0.717) is 16.6 Å². The lowest BCUT2D eigenvalue weighted by Crippen LogP contribution is -2.48. The highest BCUT2D eigenvalue weighted by Crippen LogP contribution is 2.31. The Labute approximate surface area is 228 Å². The molecule has 2 rings (SSSR count). The van der Waals surface area contributed by atoms with Crippen LogP contribution in [0.3, 0.4) is 0 Å². The van der Waals surface area contributed by atoms with Gasteiger partial charge < -0.3 is 10.2 Å². The van der Waals surface area contributed by atoms with Crippen LogP contribution in [0, 0.1) is 5.92 Å². The van der Waals surface area contributed by atoms with Crippen molar-refractivity contribution >= 4 is 62.3 Å². The molecule has 0 aromatic heterocycles. The van der Waals surface area contributed by atoms with Gasteiger partial charge in [-0.15, -0.1) is 0 Å². The van der Waals surface area contributed by atoms with Crippen molar-refractivity contribution < 1.29 is 18.0 Å². The first-order valence-electron chi connectivity index (χ1n) is 11.5. The number of hydrogen-bond donors (Lipinski definition) is 1. The zero-order chi connectivity index (χ0) is 27.0. The first-order valence-corrected chi connectivity index (χ1v) is 14.5. The van der Waals surface area contributed by atoms with E-state index in [2.05, 4.69) is 5.32 Å². The minimum Gasteiger partial charge on any atom is -0.354 e. The van der Waals surface area contributed by atoms with Gasteiger partial charge in [0.25, 0.3) is 0 Å². The number of sulfonamides is 1. The predicted molar refractivity (Wildman–Crippen MR) is 147 cm³/mol. The smallest absolute Gasteiger partial charge is 0.242 e. The lowest BCUT2D eigenvalue weighted by Gasteiger charge is -2.30. The van der Waals surface area contributed by atoms with Gasteiger partial charge in [0.05, 0.1) is 17.0 Å². The van der Waals surface area contributed by atoms with Gasteiger partial charge in [-0.1, -0.05) is 60.8 Å². The third-order valence-corrected chi connectivity index (χ3v) is 7.39. The molecule has 1 atom stereocenters. The van der Waals surface area contributed by atoms with E-state index in [1.165, 1.54) is 17.0 Å². The van der Waals surface area contributed by atoms with Crippen LogP contribution in [0.2, 0.25) is 15.1 Å². The average molecular weight is 577 g/mol. The number of nitrogens with one attached hydrogen (secondary N) is 1. The van der Waals surface area contributed by atoms with E-state index in [1.807, 2.05) is 19.9 Å². The lowest BCUT2D eigenvalue weighted by molar-refractivity contribution is -0.140. The monoisotopic (exact) mass is 575 g/mol. The first-order chi connectivity index (χ1) is 16.8. The molecule has 0 fully saturated rings. The summed E-state index contributed by atoms with van der Waals surface area (Å²) in [6.45, 7) is 6.34. The largest absolute Gasteiger partial charge is 0.354 e. The van der Waals surface area contributed by atoms with Gasteiger partial charge in [0.2, 0.25) is 21.8 Å². The maximum atomic E-state index is 13.3. The van der Waals surface area contributed by atoms with Crippen LogP contribution in [-0.4, -0.2) is 50.5 Å². The number of carbonyl (C=O) groups is 2. The topological polar surface area (TPSA) is 86.8 Å². The normalized spacial score (nSPS) is 12.3. The molecule has 7 nitrogen and oxygen atoms in total. The van der Waals surface area contributed by atoms with Crippen molar-refractivity contribution in [3.8, 4) is 0 Å². The van der Waals surface area contributed by atoms with E-state index in [-0.39, 0.29) is 54.4 Å². The highest BCUT2D eigenvalue weighted by atomic mass is 35.5. The van der Waals surface area contributed by atoms with E-state index in [1.54, 1.807) is 31.2 Å². The van der Waals surface area contributed by atoms with Crippen LogP contribution in [0.5, 0.6) is 0 Å². The standard InChI is InChI=1S/C25H32Cl3N3O4S/c1-17(2)15-29-25(33)18(3)30(16-19-7-5-8-20(26)13-19)24(32)9-6-12-31(36(4,34)35)23-14-21(27)10-11-22(23)28/h5,7-8,10-11,13-14,17-18H,6,9,12,15-16H2,1-4H3,(H,29,33)/t18-/m1/s1. The molecular weight excluding hydrogens is 545 g/mol. The number of hydrogen-bond acceptors (Lipinski definition) is 4. The molecule has 0 spiro atoms. The molecule has 1 N–H and O–H groups in total. The quantitative estimate of drug-likeness (QED) is 0.367. The first kappa shape index (κ1) is 30.2. The van der Waals surface area contributed by atoms with Crippen LogP contribution in [-0.2, 0) is 26.2 Å². The van der Waals surface area contributed by atoms with Crippen molar-refractivity contribution in [2.24, 2.45) is 5.92 Å². The Balaban J connectivity index is 2.19. The highest BCUT2D eigenvalue weighted by Gasteiger charge is 2.27. The number of rotatable bonds is 12. The third kappa shape index (κ3) is 9.14. The fourth-order valence-electron chi connectivity index (χ4n) is 3.53. The van der Waals surface area contributed by atoms with E-state index in [4.69, 9.17) is 34.8 Å². The molecule has 0 bridgehead atoms. The highest BCUT2D eigenvalue weighted by molar-refractivity contribution is 7.92. The van der Waals surface area contributed by atoms with Gasteiger partial charge in [0, 0.05) is 36.1 Å². The van der Waals surface area contributed by atoms with E-state index >= 15 is 0 Å². The summed E-state index contributed by atoms with van der Waals surface area (Å²) in [4.78, 5) is 27.6. The van der Waals surface area contributed by atoms with E-state index in [0.717, 1.165) is 16.1 Å². The minimum absolute atomic E-state index is 0.0174. The summed E-state index contributed by atoms with van der Waals surface area (Å²) in [5.74, 6) is -0.283. The molecule has 0 heterocycles. The fraction of sp³-hybridized carbons (Fsp3) is 0.440. The summed E-state index contributed by atoms with van der Waals surface area (Å²) < 4.78 is 26.1. The van der Waals surface area contributed by atoms with Crippen LogP contribution in [0.25, 0.3) is 0 Å². The third-order valence-electron chi connectivity index (χ3n) is 5.42. The molecule has 11 heteroatoms. The zero-order valence-electron chi connectivity index (χ0n) is 20.8. The number of amides is 2. The zero-order valence-corrected chi connectivity index (χ0v) is 23.9. The molecule has 0 aliphatic carbocycles. The Bertz CT molecular complexity index is 1170. The van der Waals surface area contributed by atoms with E-state index < -0.39 is 16.1 Å². The second-order valence-corrected chi connectivity index (χ2v) is 12.2. The van der Waals surface area contributed by atoms with Gasteiger partial charge in [0.1, 0.15) is 6.04 Å². The van der Waals surface area contributed by atoms with Crippen molar-refractivity contribution in [2.75, 3.05) is 23.7 Å². The van der Waals surface area contributed by atoms with Gasteiger partial charge in [-0.2, -0.15) is 0 Å². The molecule has 2 aromatic rings. The molecule has 198 valence electrons. The van der Waals surface area contributed by atoms with Crippen molar-refractivity contribution in [1.29, 1.82) is 0 Å². The predicted octanol–water partition coefficient (Wildman–Crippen LogP) is 5.38. The van der Waals surface area contributed by atoms with Crippen LogP contribution in [0.1, 0.15) is 39.2 Å². The molecule has 2 amide bonds. The summed E-state index contributed by atoms with van der Waals surface area (Å²) in [7, 11) is -3.69. The summed E-state index contributed by atoms with van der Waals surface area (Å²) in [5.41, 5.74) is 1.03. The van der Waals surface area contributed by atoms with Crippen LogP contribution < -0.4 is 9.62 Å². The number of anilines is 1. The SMILES string of the molecule is CC(C)CNC(=O)[C@@H](C)N(Cc1cccc(Cl)c1)C(=O)CCCN(c1cc(Cl)ccc1Cl)S(C)(=O)=O. The minimum atomic E-state index is -3.69. The maximum Gasteiger partial charge on any atom is 0.242 e. The Morgan fingerprint density at radius 2 is 1.67 bits per heavy atom. The Hall–Kier alpha value is -2.00. The number of nitrogens with zero attached hydrogens (tertiary/aromatic N) is 2. The second kappa shape index (κ2) is 13.5. The number of halogens is 3. The molecule has 0 radical (unpaired) electrons. The summed E-state index contributed by atoms with van der Waals surface area (Å²) >= 11 is 18.4. The van der Waals surface area contributed by atoms with E-state index in [9.17, 15) is 18.0 Å². The van der Waals surface area contributed by atoms with Crippen molar-refractivity contribution in [2.45, 2.75) is 46.2 Å². The van der Waals surface area contributed by atoms with Crippen LogP contribution in [0.4, 0.5) is 5.69 Å². The van der Waals surface area contributed by atoms with Crippen LogP contribution >= 0.6 is 34.8 Å². The number of benzene rings is 2. The average Bonchev–Trinajstić information content (AvgIpc) is 2.79. The summed E-state index contributed by atoms with van der Waals surface area (Å²) in [6, 6.07) is 10.9. The molecule has 0 saturated carbocycles. The van der Waals surface area contributed by atoms with Crippen molar-refractivity contribution in [1.82, 2.24) is 10.2 Å². The number of carbonyl (C=O) groups excluding carboxylic acids is 2. The van der Waals surface area contributed by atoms with Gasteiger partial charge in [-0.05, 0) is 55.2 Å². The Kier molecular flexibility index (Phi) is 11.3. The van der Waals surface area contributed by atoms with Gasteiger partial charge in [0.15, 0.2) is 0 Å². The molecule has 2 aromatic carbocycles. The summed E-state index contributed by atoms with van der Waals surface area (Å²) in [5, 5.41) is 3.97. The molecule has 0 aliphatic heterocycles. The van der Waals surface area contributed by atoms with Crippen molar-refractivity contribution in [3.05, 3.63) is 63.1 Å². The molecule has 0 unspecified atom stereocenters. The Morgan fingerprint density at radius 3 is 2.28 bits per heavy atom.